The van der Waals surface area contributed by atoms with Crippen molar-refractivity contribution < 1.29 is 14.2 Å². The van der Waals surface area contributed by atoms with Crippen LogP contribution in [0, 0.1) is 0 Å². The van der Waals surface area contributed by atoms with E-state index in [-0.39, 0.29) is 11.9 Å². The zero-order chi connectivity index (χ0) is 24.2. The molecule has 2 aromatic carbocycles. The van der Waals surface area contributed by atoms with Crippen molar-refractivity contribution in [2.24, 2.45) is 0 Å². The fraction of sp³-hybridized carbons (Fsp3) is 0.481. The minimum atomic E-state index is -1.44. The zero-order valence-corrected chi connectivity index (χ0v) is 20.6. The maximum Gasteiger partial charge on any atom is 0.170 e. The Kier molecular flexibility index (Phi) is 5.72. The second-order valence-corrected chi connectivity index (χ2v) is 10.5. The molecule has 3 fully saturated rings. The number of ether oxygens (including phenoxy) is 1. The van der Waals surface area contributed by atoms with Gasteiger partial charge < -0.3 is 19.6 Å². The predicted octanol–water partition coefficient (Wildman–Crippen LogP) is 5.21. The smallest absolute Gasteiger partial charge is 0.170 e. The van der Waals surface area contributed by atoms with Crippen molar-refractivity contribution >= 4 is 34.0 Å². The minimum Gasteiger partial charge on any atom is -0.496 e. The van der Waals surface area contributed by atoms with Gasteiger partial charge in [-0.2, -0.15) is 0 Å². The Bertz CT molecular complexity index is 1260. The Morgan fingerprint density at radius 3 is 2.49 bits per heavy atom. The van der Waals surface area contributed by atoms with Gasteiger partial charge in [-0.25, -0.2) is 14.4 Å². The van der Waals surface area contributed by atoms with Crippen LogP contribution in [0.5, 0.6) is 5.75 Å². The van der Waals surface area contributed by atoms with Crippen LogP contribution in [-0.2, 0) is 5.67 Å². The molecule has 1 saturated carbocycles. The number of hydrogen-bond donors (Lipinski definition) is 1. The van der Waals surface area contributed by atoms with E-state index in [9.17, 15) is 5.11 Å². The van der Waals surface area contributed by atoms with Crippen molar-refractivity contribution in [3.63, 3.8) is 0 Å². The van der Waals surface area contributed by atoms with Crippen LogP contribution in [0.4, 0.5) is 15.9 Å². The number of piperidine rings is 1. The van der Waals surface area contributed by atoms with E-state index in [0.29, 0.717) is 35.8 Å². The number of alkyl halides is 1. The lowest BCUT2D eigenvalue weighted by molar-refractivity contribution is 0.198. The molecule has 184 valence electrons. The summed E-state index contributed by atoms with van der Waals surface area (Å²) in [6, 6.07) is 12.2. The van der Waals surface area contributed by atoms with E-state index >= 15 is 4.39 Å². The van der Waals surface area contributed by atoms with E-state index in [0.717, 1.165) is 61.5 Å². The fourth-order valence-corrected chi connectivity index (χ4v) is 5.76. The Labute approximate surface area is 209 Å². The monoisotopic (exact) mass is 496 g/mol. The molecule has 2 saturated heterocycles. The molecule has 0 amide bonds. The fourth-order valence-electron chi connectivity index (χ4n) is 5.50. The first-order chi connectivity index (χ1) is 16.9. The van der Waals surface area contributed by atoms with Gasteiger partial charge in [-0.15, -0.1) is 0 Å². The van der Waals surface area contributed by atoms with E-state index in [1.54, 1.807) is 7.11 Å². The number of aromatic nitrogens is 2. The summed E-state index contributed by atoms with van der Waals surface area (Å²) in [5.41, 5.74) is 1.34. The van der Waals surface area contributed by atoms with Crippen LogP contribution in [0.3, 0.4) is 0 Å². The SMILES string of the molecule is COc1ccccc1C1CCN(c2nc(C3(F)CC3)nc3c(Cl)cc(N4CCC(O)C4)cc23)CC1. The number of methoxy groups -OCH3 is 1. The second-order valence-electron chi connectivity index (χ2n) is 10.1. The molecule has 8 heteroatoms. The molecule has 0 bridgehead atoms. The number of halogens is 2. The normalized spacial score (nSPS) is 22.1. The van der Waals surface area contributed by atoms with Crippen molar-refractivity contribution in [2.45, 2.75) is 49.8 Å². The van der Waals surface area contributed by atoms with Crippen molar-refractivity contribution in [1.29, 1.82) is 0 Å². The van der Waals surface area contributed by atoms with Gasteiger partial charge in [-0.1, -0.05) is 29.8 Å². The molecule has 1 unspecified atom stereocenters. The molecule has 3 heterocycles. The first kappa shape index (κ1) is 22.8. The maximum absolute atomic E-state index is 15.1. The lowest BCUT2D eigenvalue weighted by Gasteiger charge is -2.34. The van der Waals surface area contributed by atoms with E-state index in [2.05, 4.69) is 33.0 Å². The first-order valence-electron chi connectivity index (χ1n) is 12.5. The summed E-state index contributed by atoms with van der Waals surface area (Å²) in [6.45, 7) is 2.96. The summed E-state index contributed by atoms with van der Waals surface area (Å²) in [5, 5.41) is 11.4. The van der Waals surface area contributed by atoms with Crippen LogP contribution in [0.15, 0.2) is 36.4 Å². The van der Waals surface area contributed by atoms with Crippen molar-refractivity contribution in [1.82, 2.24) is 9.97 Å². The van der Waals surface area contributed by atoms with Gasteiger partial charge in [-0.3, -0.25) is 0 Å². The Morgan fingerprint density at radius 2 is 1.80 bits per heavy atom. The molecule has 3 aromatic rings. The van der Waals surface area contributed by atoms with Crippen LogP contribution in [0.2, 0.25) is 5.02 Å². The number of benzene rings is 2. The van der Waals surface area contributed by atoms with Crippen molar-refractivity contribution in [2.75, 3.05) is 43.1 Å². The number of aliphatic hydroxyl groups is 1. The minimum absolute atomic E-state index is 0.248. The summed E-state index contributed by atoms with van der Waals surface area (Å²) >= 11 is 6.73. The molecule has 1 N–H and O–H groups in total. The number of β-amino-alcohol motifs (C(OH)–C–C–N with tert-alkyl or cyclic N) is 1. The number of aliphatic hydroxyl groups excluding tert-OH is 1. The van der Waals surface area contributed by atoms with E-state index in [4.69, 9.17) is 21.3 Å². The zero-order valence-electron chi connectivity index (χ0n) is 19.9. The lowest BCUT2D eigenvalue weighted by Crippen LogP contribution is -2.34. The molecule has 35 heavy (non-hydrogen) atoms. The van der Waals surface area contributed by atoms with Gasteiger partial charge in [0.2, 0.25) is 0 Å². The average Bonchev–Trinajstić information content (AvgIpc) is 3.49. The van der Waals surface area contributed by atoms with Crippen molar-refractivity contribution in [3.05, 3.63) is 52.8 Å². The van der Waals surface area contributed by atoms with E-state index < -0.39 is 5.67 Å². The van der Waals surface area contributed by atoms with Crippen LogP contribution in [0.25, 0.3) is 10.9 Å². The highest BCUT2D eigenvalue weighted by atomic mass is 35.5. The molecule has 2 aliphatic heterocycles. The van der Waals surface area contributed by atoms with Gasteiger partial charge in [-0.05, 0) is 61.8 Å². The molecular formula is C27H30ClFN4O2. The Hall–Kier alpha value is -2.64. The summed E-state index contributed by atoms with van der Waals surface area (Å²) in [6.07, 6.45) is 3.21. The molecular weight excluding hydrogens is 467 g/mol. The van der Waals surface area contributed by atoms with Crippen LogP contribution < -0.4 is 14.5 Å². The number of para-hydroxylation sites is 1. The standard InChI is InChI=1S/C27H30ClFN4O2/c1-35-23-5-3-2-4-20(23)17-6-11-32(12-7-17)25-21-14-18(33-13-8-19(34)16-33)15-22(28)24(21)30-26(31-25)27(29)9-10-27/h2-5,14-15,17,19,34H,6-13,16H2,1H3. The van der Waals surface area contributed by atoms with Gasteiger partial charge >= 0.3 is 0 Å². The molecule has 6 nitrogen and oxygen atoms in total. The number of anilines is 2. The Balaban J connectivity index is 1.36. The summed E-state index contributed by atoms with van der Waals surface area (Å²) in [7, 11) is 1.72. The molecule has 3 aliphatic rings. The first-order valence-corrected chi connectivity index (χ1v) is 12.8. The van der Waals surface area contributed by atoms with Gasteiger partial charge in [0.15, 0.2) is 11.5 Å². The highest BCUT2D eigenvalue weighted by molar-refractivity contribution is 6.35. The largest absolute Gasteiger partial charge is 0.496 e. The summed E-state index contributed by atoms with van der Waals surface area (Å²) in [5.74, 6) is 2.34. The number of hydrogen-bond acceptors (Lipinski definition) is 6. The topological polar surface area (TPSA) is 61.7 Å². The molecule has 6 rings (SSSR count). The van der Waals surface area contributed by atoms with Gasteiger partial charge in [0.05, 0.1) is 23.8 Å². The number of nitrogens with zero attached hydrogens (tertiary/aromatic N) is 4. The second kappa shape index (κ2) is 8.79. The van der Waals surface area contributed by atoms with E-state index in [1.165, 1.54) is 5.56 Å². The number of rotatable bonds is 5. The van der Waals surface area contributed by atoms with Gasteiger partial charge in [0, 0.05) is 37.3 Å². The average molecular weight is 497 g/mol. The lowest BCUT2D eigenvalue weighted by atomic mass is 9.88. The molecule has 1 aliphatic carbocycles. The maximum atomic E-state index is 15.1. The van der Waals surface area contributed by atoms with E-state index in [1.807, 2.05) is 18.2 Å². The van der Waals surface area contributed by atoms with Crippen LogP contribution in [0.1, 0.15) is 49.4 Å². The highest BCUT2D eigenvalue weighted by Gasteiger charge is 2.48. The summed E-state index contributed by atoms with van der Waals surface area (Å²) in [4.78, 5) is 13.8. The third-order valence-corrected chi connectivity index (χ3v) is 8.00. The predicted molar refractivity (Wildman–Crippen MR) is 137 cm³/mol. The summed E-state index contributed by atoms with van der Waals surface area (Å²) < 4.78 is 20.7. The van der Waals surface area contributed by atoms with Gasteiger partial charge in [0.25, 0.3) is 0 Å². The van der Waals surface area contributed by atoms with Gasteiger partial charge in [0.1, 0.15) is 11.6 Å². The van der Waals surface area contributed by atoms with Crippen LogP contribution in [-0.4, -0.2) is 54.5 Å². The van der Waals surface area contributed by atoms with Crippen LogP contribution >= 0.6 is 11.6 Å². The van der Waals surface area contributed by atoms with Crippen molar-refractivity contribution in [3.8, 4) is 5.75 Å². The highest BCUT2D eigenvalue weighted by Crippen LogP contribution is 2.49. The molecule has 0 spiro atoms. The quantitative estimate of drug-likeness (QED) is 0.523. The third-order valence-electron chi connectivity index (χ3n) is 7.71. The molecule has 1 aromatic heterocycles. The third kappa shape index (κ3) is 4.19. The molecule has 1 atom stereocenters. The number of fused-ring (bicyclic) bond motifs is 1. The molecule has 0 radical (unpaired) electrons. The Morgan fingerprint density at radius 1 is 1.06 bits per heavy atom.